The third-order valence-electron chi connectivity index (χ3n) is 2.44. The maximum Gasteiger partial charge on any atom is 0.139 e. The van der Waals surface area contributed by atoms with Gasteiger partial charge in [-0.2, -0.15) is 0 Å². The summed E-state index contributed by atoms with van der Waals surface area (Å²) in [6.07, 6.45) is 2.87. The molecule has 1 aromatic carbocycles. The molecule has 0 unspecified atom stereocenters. The van der Waals surface area contributed by atoms with Crippen LogP contribution in [0.25, 0.3) is 5.69 Å². The second-order valence-corrected chi connectivity index (χ2v) is 4.78. The van der Waals surface area contributed by atoms with Gasteiger partial charge in [0.1, 0.15) is 5.82 Å². The molecular formula is C12H14BrFN4. The minimum absolute atomic E-state index is 0.311. The van der Waals surface area contributed by atoms with Crippen molar-refractivity contribution < 1.29 is 4.39 Å². The van der Waals surface area contributed by atoms with Crippen molar-refractivity contribution in [2.45, 2.75) is 19.9 Å². The van der Waals surface area contributed by atoms with Crippen molar-refractivity contribution in [1.29, 1.82) is 0 Å². The standard InChI is InChI=1S/C12H14BrFN4/c1-2-5-15-7-9-8-18(17-16-9)10-3-4-11(13)12(14)6-10/h3-4,6,8,15H,2,5,7H2,1H3. The van der Waals surface area contributed by atoms with Crippen molar-refractivity contribution in [3.63, 3.8) is 0 Å². The van der Waals surface area contributed by atoms with E-state index in [9.17, 15) is 4.39 Å². The highest BCUT2D eigenvalue weighted by Gasteiger charge is 2.05. The summed E-state index contributed by atoms with van der Waals surface area (Å²) in [5, 5.41) is 11.3. The summed E-state index contributed by atoms with van der Waals surface area (Å²) in [6, 6.07) is 4.86. The van der Waals surface area contributed by atoms with E-state index in [0.29, 0.717) is 16.7 Å². The second-order valence-electron chi connectivity index (χ2n) is 3.93. The van der Waals surface area contributed by atoms with Crippen molar-refractivity contribution in [2.24, 2.45) is 0 Å². The molecule has 1 N–H and O–H groups in total. The summed E-state index contributed by atoms with van der Waals surface area (Å²) in [5.74, 6) is -0.311. The molecule has 2 rings (SSSR count). The van der Waals surface area contributed by atoms with Gasteiger partial charge in [0.15, 0.2) is 0 Å². The monoisotopic (exact) mass is 312 g/mol. The minimum atomic E-state index is -0.311. The molecule has 1 aromatic heterocycles. The molecule has 0 aliphatic rings. The Labute approximate surface area is 113 Å². The van der Waals surface area contributed by atoms with Gasteiger partial charge in [-0.15, -0.1) is 5.10 Å². The van der Waals surface area contributed by atoms with E-state index < -0.39 is 0 Å². The lowest BCUT2D eigenvalue weighted by Crippen LogP contribution is -2.13. The van der Waals surface area contributed by atoms with Crippen LogP contribution >= 0.6 is 15.9 Å². The summed E-state index contributed by atoms with van der Waals surface area (Å²) in [4.78, 5) is 0. The number of rotatable bonds is 5. The summed E-state index contributed by atoms with van der Waals surface area (Å²) in [5.41, 5.74) is 1.50. The lowest BCUT2D eigenvalue weighted by molar-refractivity contribution is 0.618. The Balaban J connectivity index is 2.11. The predicted octanol–water partition coefficient (Wildman–Crippen LogP) is 2.67. The molecule has 0 atom stereocenters. The van der Waals surface area contributed by atoms with Crippen molar-refractivity contribution in [1.82, 2.24) is 20.3 Å². The van der Waals surface area contributed by atoms with Gasteiger partial charge in [0.25, 0.3) is 0 Å². The van der Waals surface area contributed by atoms with Crippen LogP contribution in [0.5, 0.6) is 0 Å². The zero-order valence-electron chi connectivity index (χ0n) is 10.0. The van der Waals surface area contributed by atoms with E-state index in [-0.39, 0.29) is 5.82 Å². The Morgan fingerprint density at radius 1 is 1.44 bits per heavy atom. The Kier molecular flexibility index (Phi) is 4.43. The van der Waals surface area contributed by atoms with E-state index in [4.69, 9.17) is 0 Å². The van der Waals surface area contributed by atoms with Gasteiger partial charge < -0.3 is 5.32 Å². The number of benzene rings is 1. The first-order chi connectivity index (χ1) is 8.70. The average Bonchev–Trinajstić information content (AvgIpc) is 2.82. The molecule has 6 heteroatoms. The smallest absolute Gasteiger partial charge is 0.139 e. The Morgan fingerprint density at radius 2 is 2.28 bits per heavy atom. The zero-order valence-corrected chi connectivity index (χ0v) is 11.6. The predicted molar refractivity (Wildman–Crippen MR) is 71.0 cm³/mol. The first-order valence-corrected chi connectivity index (χ1v) is 6.57. The van der Waals surface area contributed by atoms with Crippen molar-refractivity contribution in [3.05, 3.63) is 40.4 Å². The largest absolute Gasteiger partial charge is 0.311 e. The highest BCUT2D eigenvalue weighted by atomic mass is 79.9. The topological polar surface area (TPSA) is 42.7 Å². The van der Waals surface area contributed by atoms with E-state index in [1.54, 1.807) is 23.0 Å². The van der Waals surface area contributed by atoms with Crippen molar-refractivity contribution in [3.8, 4) is 5.69 Å². The van der Waals surface area contributed by atoms with Crippen molar-refractivity contribution >= 4 is 15.9 Å². The molecule has 0 saturated heterocycles. The third kappa shape index (κ3) is 3.14. The summed E-state index contributed by atoms with van der Waals surface area (Å²) in [7, 11) is 0. The summed E-state index contributed by atoms with van der Waals surface area (Å²) >= 11 is 3.12. The Bertz CT molecular complexity index is 527. The van der Waals surface area contributed by atoms with Crippen molar-refractivity contribution in [2.75, 3.05) is 6.54 Å². The van der Waals surface area contributed by atoms with Crippen LogP contribution in [-0.2, 0) is 6.54 Å². The number of halogens is 2. The van der Waals surface area contributed by atoms with Crippen LogP contribution in [0.4, 0.5) is 4.39 Å². The number of aromatic nitrogens is 3. The van der Waals surface area contributed by atoms with Crippen LogP contribution < -0.4 is 5.32 Å². The van der Waals surface area contributed by atoms with E-state index in [1.807, 2.05) is 0 Å². The summed E-state index contributed by atoms with van der Waals surface area (Å²) < 4.78 is 15.4. The molecule has 18 heavy (non-hydrogen) atoms. The lowest BCUT2D eigenvalue weighted by Gasteiger charge is -2.01. The number of hydrogen-bond acceptors (Lipinski definition) is 3. The molecular weight excluding hydrogens is 299 g/mol. The molecule has 4 nitrogen and oxygen atoms in total. The highest BCUT2D eigenvalue weighted by molar-refractivity contribution is 9.10. The van der Waals surface area contributed by atoms with Crippen LogP contribution in [0.2, 0.25) is 0 Å². The van der Waals surface area contributed by atoms with Gasteiger partial charge in [-0.3, -0.25) is 0 Å². The second kappa shape index (κ2) is 6.06. The molecule has 0 spiro atoms. The molecule has 1 heterocycles. The van der Waals surface area contributed by atoms with Gasteiger partial charge in [-0.1, -0.05) is 12.1 Å². The quantitative estimate of drug-likeness (QED) is 0.863. The van der Waals surface area contributed by atoms with Gasteiger partial charge in [-0.25, -0.2) is 9.07 Å². The normalized spacial score (nSPS) is 10.8. The fourth-order valence-corrected chi connectivity index (χ4v) is 1.77. The summed E-state index contributed by atoms with van der Waals surface area (Å²) in [6.45, 7) is 3.72. The van der Waals surface area contributed by atoms with Gasteiger partial charge >= 0.3 is 0 Å². The van der Waals surface area contributed by atoms with Crippen LogP contribution in [0.15, 0.2) is 28.9 Å². The first-order valence-electron chi connectivity index (χ1n) is 5.78. The van der Waals surface area contributed by atoms with E-state index in [2.05, 4.69) is 38.5 Å². The van der Waals surface area contributed by atoms with E-state index in [1.165, 1.54) is 6.07 Å². The molecule has 0 saturated carbocycles. The van der Waals surface area contributed by atoms with Gasteiger partial charge in [0, 0.05) is 12.6 Å². The SMILES string of the molecule is CCCNCc1cn(-c2ccc(Br)c(F)c2)nn1. The van der Waals surface area contributed by atoms with E-state index >= 15 is 0 Å². The Morgan fingerprint density at radius 3 is 3.00 bits per heavy atom. The lowest BCUT2D eigenvalue weighted by atomic mass is 10.3. The molecule has 0 bridgehead atoms. The maximum atomic E-state index is 13.4. The fraction of sp³-hybridized carbons (Fsp3) is 0.333. The zero-order chi connectivity index (χ0) is 13.0. The van der Waals surface area contributed by atoms with E-state index in [0.717, 1.165) is 18.7 Å². The number of nitrogens with zero attached hydrogens (tertiary/aromatic N) is 3. The van der Waals surface area contributed by atoms with Crippen LogP contribution in [0.3, 0.4) is 0 Å². The fourth-order valence-electron chi connectivity index (χ4n) is 1.53. The van der Waals surface area contributed by atoms with Crippen LogP contribution in [0.1, 0.15) is 19.0 Å². The highest BCUT2D eigenvalue weighted by Crippen LogP contribution is 2.18. The molecule has 2 aromatic rings. The molecule has 0 radical (unpaired) electrons. The average molecular weight is 313 g/mol. The Hall–Kier alpha value is -1.27. The van der Waals surface area contributed by atoms with Gasteiger partial charge in [-0.05, 0) is 41.0 Å². The number of nitrogens with one attached hydrogen (secondary N) is 1. The van der Waals surface area contributed by atoms with Gasteiger partial charge in [0.05, 0.1) is 22.1 Å². The third-order valence-corrected chi connectivity index (χ3v) is 3.08. The van der Waals surface area contributed by atoms with Crippen LogP contribution in [-0.4, -0.2) is 21.5 Å². The van der Waals surface area contributed by atoms with Crippen LogP contribution in [0, 0.1) is 5.82 Å². The molecule has 0 aliphatic carbocycles. The number of hydrogen-bond donors (Lipinski definition) is 1. The molecule has 0 aliphatic heterocycles. The minimum Gasteiger partial charge on any atom is -0.311 e. The molecule has 0 fully saturated rings. The molecule has 0 amide bonds. The van der Waals surface area contributed by atoms with Gasteiger partial charge in [0.2, 0.25) is 0 Å². The maximum absolute atomic E-state index is 13.4. The first kappa shape index (κ1) is 13.2. The molecule has 96 valence electrons.